The number of methoxy groups -OCH3 is 1. The molecule has 1 heterocycles. The predicted octanol–water partition coefficient (Wildman–Crippen LogP) is -0.678. The van der Waals surface area contributed by atoms with Crippen LogP contribution in [0.2, 0.25) is 0 Å². The van der Waals surface area contributed by atoms with Crippen molar-refractivity contribution in [3.8, 4) is 0 Å². The van der Waals surface area contributed by atoms with E-state index in [2.05, 4.69) is 0 Å². The van der Waals surface area contributed by atoms with Gasteiger partial charge in [-0.3, -0.25) is 0 Å². The second-order valence-corrected chi connectivity index (χ2v) is 4.33. The first-order chi connectivity index (χ1) is 9.24. The van der Waals surface area contributed by atoms with Crippen LogP contribution in [0.15, 0.2) is 0 Å². The van der Waals surface area contributed by atoms with Gasteiger partial charge in [0.1, 0.15) is 26.2 Å². The molecule has 0 aromatic carbocycles. The van der Waals surface area contributed by atoms with E-state index in [0.717, 1.165) is 0 Å². The SMILES string of the molecule is [B]C1OC(CO)C(OPOC)C1OCCOC.[O]=[W]. The molecule has 2 radical (unpaired) electrons. The number of rotatable bonds is 8. The zero-order chi connectivity index (χ0) is 14.7. The van der Waals surface area contributed by atoms with E-state index in [1.54, 1.807) is 7.11 Å². The molecule has 0 saturated carbocycles. The Hall–Kier alpha value is 0.743. The first-order valence-corrected chi connectivity index (χ1v) is 7.48. The van der Waals surface area contributed by atoms with Gasteiger partial charge in [-0.1, -0.05) is 0 Å². The standard InChI is InChI=1S/C9H18BO6P.O.W/c1-12-3-4-14-8-7(16-17-13-2)6(5-11)15-9(8)10;;/h6-9,11,17H,3-5H2,1-2H3;;. The van der Waals surface area contributed by atoms with E-state index < -0.39 is 24.3 Å². The molecule has 110 valence electrons. The Bertz CT molecular complexity index is 229. The van der Waals surface area contributed by atoms with E-state index in [1.165, 1.54) is 7.11 Å². The van der Waals surface area contributed by atoms with Crippen molar-refractivity contribution in [1.29, 1.82) is 0 Å². The number of hydrogen-bond acceptors (Lipinski definition) is 7. The average Bonchev–Trinajstić information content (AvgIpc) is 2.75. The van der Waals surface area contributed by atoms with Crippen molar-refractivity contribution >= 4 is 16.9 Å². The fourth-order valence-corrected chi connectivity index (χ4v) is 2.10. The van der Waals surface area contributed by atoms with Crippen LogP contribution < -0.4 is 0 Å². The zero-order valence-corrected chi connectivity index (χ0v) is 14.7. The van der Waals surface area contributed by atoms with Crippen molar-refractivity contribution in [3.63, 3.8) is 0 Å². The molecule has 10 heteroatoms. The van der Waals surface area contributed by atoms with Crippen LogP contribution in [0.3, 0.4) is 0 Å². The number of aliphatic hydroxyl groups excluding tert-OH is 1. The zero-order valence-electron chi connectivity index (χ0n) is 10.8. The Morgan fingerprint density at radius 1 is 1.32 bits per heavy atom. The molecule has 1 aliphatic rings. The molecule has 1 fully saturated rings. The topological polar surface area (TPSA) is 83.5 Å². The summed E-state index contributed by atoms with van der Waals surface area (Å²) in [6.07, 6.45) is -1.34. The monoisotopic (exact) mass is 464 g/mol. The molecule has 5 unspecified atom stereocenters. The Morgan fingerprint density at radius 2 is 2.00 bits per heavy atom. The first kappa shape index (κ1) is 19.7. The van der Waals surface area contributed by atoms with Gasteiger partial charge in [-0.25, -0.2) is 0 Å². The molecular weight excluding hydrogens is 446 g/mol. The summed E-state index contributed by atoms with van der Waals surface area (Å²) < 4.78 is 34.4. The second kappa shape index (κ2) is 12.5. The Labute approximate surface area is 127 Å². The Morgan fingerprint density at radius 3 is 2.53 bits per heavy atom. The van der Waals surface area contributed by atoms with Crippen LogP contribution in [-0.4, -0.2) is 71.3 Å². The van der Waals surface area contributed by atoms with Crippen molar-refractivity contribution < 1.29 is 51.5 Å². The van der Waals surface area contributed by atoms with Crippen LogP contribution in [0.25, 0.3) is 0 Å². The quantitative estimate of drug-likeness (QED) is 0.290. The van der Waals surface area contributed by atoms with E-state index in [4.69, 9.17) is 39.6 Å². The summed E-state index contributed by atoms with van der Waals surface area (Å²) in [5.74, 6) is 0. The molecule has 0 aromatic heterocycles. The van der Waals surface area contributed by atoms with Crippen LogP contribution in [-0.2, 0) is 46.4 Å². The Kier molecular flexibility index (Phi) is 13.0. The molecule has 1 N–H and O–H groups in total. The fraction of sp³-hybridized carbons (Fsp3) is 1.00. The van der Waals surface area contributed by atoms with Gasteiger partial charge in [0, 0.05) is 20.2 Å². The van der Waals surface area contributed by atoms with Crippen LogP contribution in [0, 0.1) is 0 Å². The van der Waals surface area contributed by atoms with Crippen molar-refractivity contribution in [3.05, 3.63) is 0 Å². The third kappa shape index (κ3) is 6.83. The van der Waals surface area contributed by atoms with E-state index in [9.17, 15) is 0 Å². The van der Waals surface area contributed by atoms with Gasteiger partial charge >= 0.3 is 23.2 Å². The molecule has 5 atom stereocenters. The maximum atomic E-state index is 9.16. The number of aliphatic hydroxyl groups is 1. The molecule has 0 spiro atoms. The third-order valence-electron chi connectivity index (χ3n) is 2.39. The second-order valence-electron chi connectivity index (χ2n) is 3.52. The van der Waals surface area contributed by atoms with E-state index >= 15 is 0 Å². The normalized spacial score (nSPS) is 30.5. The summed E-state index contributed by atoms with van der Waals surface area (Å²) in [6, 6.07) is -0.615. The molecule has 19 heavy (non-hydrogen) atoms. The molecule has 7 nitrogen and oxygen atoms in total. The van der Waals surface area contributed by atoms with Crippen molar-refractivity contribution in [2.45, 2.75) is 24.3 Å². The van der Waals surface area contributed by atoms with Gasteiger partial charge in [0.2, 0.25) is 0 Å². The predicted molar refractivity (Wildman–Crippen MR) is 64.0 cm³/mol. The minimum absolute atomic E-state index is 0.139. The summed E-state index contributed by atoms with van der Waals surface area (Å²) in [7, 11) is 8.75. The maximum absolute atomic E-state index is 9.16. The Balaban J connectivity index is 0.00000154. The summed E-state index contributed by atoms with van der Waals surface area (Å²) in [5, 5.41) is 9.16. The average molecular weight is 464 g/mol. The van der Waals surface area contributed by atoms with Gasteiger partial charge in [-0.2, -0.15) is 0 Å². The summed E-state index contributed by atoms with van der Waals surface area (Å²) in [5.41, 5.74) is 0. The van der Waals surface area contributed by atoms with Crippen molar-refractivity contribution in [2.75, 3.05) is 34.0 Å². The van der Waals surface area contributed by atoms with Gasteiger partial charge in [-0.05, 0) is 0 Å². The number of hydrogen-bond donors (Lipinski definition) is 1. The number of ether oxygens (including phenoxy) is 3. The van der Waals surface area contributed by atoms with Gasteiger partial charge in [0.05, 0.1) is 19.8 Å². The molecule has 0 bridgehead atoms. The molecule has 1 rings (SSSR count). The summed E-state index contributed by atoms with van der Waals surface area (Å²) in [6.45, 7) is 0.690. The summed E-state index contributed by atoms with van der Waals surface area (Å²) in [4.78, 5) is 0. The minimum atomic E-state index is -0.615. The van der Waals surface area contributed by atoms with Gasteiger partial charge in [0.25, 0.3) is 0 Å². The molecule has 0 amide bonds. The molecule has 0 aliphatic carbocycles. The molecular formula is C9H18BO7PW. The molecule has 0 aromatic rings. The third-order valence-corrected chi connectivity index (χ3v) is 2.93. The van der Waals surface area contributed by atoms with E-state index in [0.29, 0.717) is 33.0 Å². The van der Waals surface area contributed by atoms with E-state index in [-0.39, 0.29) is 15.6 Å². The first-order valence-electron chi connectivity index (χ1n) is 5.47. The van der Waals surface area contributed by atoms with Crippen LogP contribution in [0.5, 0.6) is 0 Å². The van der Waals surface area contributed by atoms with Gasteiger partial charge < -0.3 is 28.4 Å². The van der Waals surface area contributed by atoms with Gasteiger partial charge in [-0.15, -0.1) is 0 Å². The fourth-order valence-electron chi connectivity index (χ4n) is 1.61. The summed E-state index contributed by atoms with van der Waals surface area (Å²) >= 11 is 0.333. The molecule has 1 saturated heterocycles. The van der Waals surface area contributed by atoms with Crippen LogP contribution >= 0.6 is 9.03 Å². The van der Waals surface area contributed by atoms with E-state index in [1.807, 2.05) is 0 Å². The van der Waals surface area contributed by atoms with Crippen LogP contribution in [0.1, 0.15) is 0 Å². The van der Waals surface area contributed by atoms with Crippen LogP contribution in [0.4, 0.5) is 0 Å². The van der Waals surface area contributed by atoms with Crippen molar-refractivity contribution in [2.24, 2.45) is 0 Å². The van der Waals surface area contributed by atoms with Gasteiger partial charge in [0.15, 0.2) is 9.03 Å². The van der Waals surface area contributed by atoms with Crippen molar-refractivity contribution in [1.82, 2.24) is 0 Å². The molecule has 1 aliphatic heterocycles.